The van der Waals surface area contributed by atoms with Crippen molar-refractivity contribution < 1.29 is 17.6 Å². The third kappa shape index (κ3) is 3.21. The third-order valence-corrected chi connectivity index (χ3v) is 6.41. The van der Waals surface area contributed by atoms with Gasteiger partial charge in [-0.25, -0.2) is 18.2 Å². The van der Waals surface area contributed by atoms with Gasteiger partial charge in [-0.3, -0.25) is 4.57 Å². The van der Waals surface area contributed by atoms with Crippen molar-refractivity contribution in [2.24, 2.45) is 7.05 Å². The van der Waals surface area contributed by atoms with Crippen molar-refractivity contribution in [1.82, 2.24) is 18.8 Å². The fourth-order valence-corrected chi connectivity index (χ4v) is 4.61. The smallest absolute Gasteiger partial charge is 0.419 e. The molecule has 27 heavy (non-hydrogen) atoms. The zero-order chi connectivity index (χ0) is 19.2. The molecule has 3 aromatic rings. The van der Waals surface area contributed by atoms with Gasteiger partial charge in [0.1, 0.15) is 11.9 Å². The van der Waals surface area contributed by atoms with Crippen LogP contribution in [-0.2, 0) is 17.1 Å². The predicted molar refractivity (Wildman–Crippen MR) is 96.0 cm³/mol. The molecule has 1 fully saturated rings. The zero-order valence-electron chi connectivity index (χ0n) is 14.8. The molecule has 0 radical (unpaired) electrons. The lowest BCUT2D eigenvalue weighted by molar-refractivity contribution is 0.206. The van der Waals surface area contributed by atoms with E-state index in [0.29, 0.717) is 35.8 Å². The third-order valence-electron chi connectivity index (χ3n) is 4.55. The van der Waals surface area contributed by atoms with Crippen LogP contribution in [0.5, 0.6) is 5.88 Å². The maximum absolute atomic E-state index is 13.0. The predicted octanol–water partition coefficient (Wildman–Crippen LogP) is 1.07. The molecule has 142 valence electrons. The normalized spacial score (nSPS) is 18.2. The molecule has 1 atom stereocenters. The summed E-state index contributed by atoms with van der Waals surface area (Å²) in [5.41, 5.74) is 0.785. The van der Waals surface area contributed by atoms with Crippen molar-refractivity contribution in [1.29, 1.82) is 0 Å². The van der Waals surface area contributed by atoms with Crippen molar-refractivity contribution in [2.75, 3.05) is 13.1 Å². The highest BCUT2D eigenvalue weighted by molar-refractivity contribution is 7.89. The average Bonchev–Trinajstić information content (AvgIpc) is 3.20. The summed E-state index contributed by atoms with van der Waals surface area (Å²) in [7, 11) is -2.17. The molecule has 4 rings (SSSR count). The Labute approximate surface area is 155 Å². The van der Waals surface area contributed by atoms with Crippen LogP contribution < -0.4 is 10.5 Å². The van der Waals surface area contributed by atoms with Gasteiger partial charge < -0.3 is 9.15 Å². The summed E-state index contributed by atoms with van der Waals surface area (Å²) >= 11 is 0. The minimum Gasteiger partial charge on any atom is -0.473 e. The molecule has 0 bridgehead atoms. The molecule has 10 heteroatoms. The number of ether oxygens (including phenoxy) is 1. The average molecular weight is 390 g/mol. The van der Waals surface area contributed by atoms with E-state index in [-0.39, 0.29) is 17.5 Å². The van der Waals surface area contributed by atoms with E-state index in [1.807, 2.05) is 0 Å². The first kappa shape index (κ1) is 17.7. The van der Waals surface area contributed by atoms with Crippen LogP contribution >= 0.6 is 0 Å². The lowest BCUT2D eigenvalue weighted by Gasteiger charge is -2.17. The van der Waals surface area contributed by atoms with Gasteiger partial charge in [0.2, 0.25) is 15.9 Å². The molecule has 1 unspecified atom stereocenters. The molecule has 0 N–H and O–H groups in total. The largest absolute Gasteiger partial charge is 0.473 e. The van der Waals surface area contributed by atoms with E-state index in [9.17, 15) is 13.2 Å². The van der Waals surface area contributed by atoms with Gasteiger partial charge in [-0.1, -0.05) is 0 Å². The van der Waals surface area contributed by atoms with Crippen LogP contribution in [0.25, 0.3) is 11.1 Å². The number of hydrogen-bond donors (Lipinski definition) is 0. The minimum absolute atomic E-state index is 0.116. The molecule has 0 spiro atoms. The molecule has 0 amide bonds. The summed E-state index contributed by atoms with van der Waals surface area (Å²) in [5, 5.41) is 0. The van der Waals surface area contributed by atoms with Crippen molar-refractivity contribution >= 4 is 21.1 Å². The van der Waals surface area contributed by atoms with Gasteiger partial charge >= 0.3 is 5.76 Å². The fourth-order valence-electron chi connectivity index (χ4n) is 3.10. The highest BCUT2D eigenvalue weighted by atomic mass is 32.2. The number of rotatable bonds is 4. The summed E-state index contributed by atoms with van der Waals surface area (Å²) < 4.78 is 39.5. The number of sulfonamides is 1. The number of aryl methyl sites for hydroxylation is 2. The van der Waals surface area contributed by atoms with Crippen LogP contribution in [0.3, 0.4) is 0 Å². The van der Waals surface area contributed by atoms with Crippen LogP contribution in [0.15, 0.2) is 44.6 Å². The Morgan fingerprint density at radius 2 is 2.11 bits per heavy atom. The number of nitrogens with zero attached hydrogens (tertiary/aromatic N) is 4. The minimum atomic E-state index is -3.71. The van der Waals surface area contributed by atoms with E-state index in [1.54, 1.807) is 19.2 Å². The lowest BCUT2D eigenvalue weighted by atomic mass is 10.3. The molecular formula is C17H18N4O5S. The Morgan fingerprint density at radius 3 is 2.89 bits per heavy atom. The number of benzene rings is 1. The highest BCUT2D eigenvalue weighted by Gasteiger charge is 2.34. The summed E-state index contributed by atoms with van der Waals surface area (Å²) in [4.78, 5) is 19.9. The summed E-state index contributed by atoms with van der Waals surface area (Å²) in [6, 6.07) is 6.05. The highest BCUT2D eigenvalue weighted by Crippen LogP contribution is 2.25. The SMILES string of the molecule is Cc1nccc(OC2CCN(S(=O)(=O)c3ccc4oc(=O)n(C)c4c3)C2)n1. The van der Waals surface area contributed by atoms with Crippen LogP contribution in [0.1, 0.15) is 12.2 Å². The summed E-state index contributed by atoms with van der Waals surface area (Å²) in [6.07, 6.45) is 1.89. The van der Waals surface area contributed by atoms with E-state index in [2.05, 4.69) is 9.97 Å². The zero-order valence-corrected chi connectivity index (χ0v) is 15.6. The van der Waals surface area contributed by atoms with Gasteiger partial charge in [-0.05, 0) is 31.5 Å². The molecule has 0 aliphatic carbocycles. The van der Waals surface area contributed by atoms with Crippen molar-refractivity contribution in [3.63, 3.8) is 0 Å². The Bertz CT molecular complexity index is 1170. The second-order valence-electron chi connectivity index (χ2n) is 6.39. The molecular weight excluding hydrogens is 372 g/mol. The molecule has 3 heterocycles. The van der Waals surface area contributed by atoms with E-state index in [0.717, 1.165) is 0 Å². The van der Waals surface area contributed by atoms with Crippen LogP contribution in [0, 0.1) is 6.92 Å². The monoisotopic (exact) mass is 390 g/mol. The second-order valence-corrected chi connectivity index (χ2v) is 8.33. The van der Waals surface area contributed by atoms with Crippen molar-refractivity contribution in [3.05, 3.63) is 46.8 Å². The maximum Gasteiger partial charge on any atom is 0.419 e. The van der Waals surface area contributed by atoms with E-state index >= 15 is 0 Å². The Hall–Kier alpha value is -2.72. The Balaban J connectivity index is 1.56. The summed E-state index contributed by atoms with van der Waals surface area (Å²) in [6.45, 7) is 2.34. The van der Waals surface area contributed by atoms with Gasteiger partial charge in [0, 0.05) is 25.9 Å². The van der Waals surface area contributed by atoms with Gasteiger partial charge in [-0.15, -0.1) is 0 Å². The van der Waals surface area contributed by atoms with E-state index in [1.165, 1.54) is 34.1 Å². The van der Waals surface area contributed by atoms with E-state index in [4.69, 9.17) is 9.15 Å². The molecule has 1 aliphatic heterocycles. The molecule has 2 aromatic heterocycles. The first-order valence-electron chi connectivity index (χ1n) is 8.40. The fraction of sp³-hybridized carbons (Fsp3) is 0.353. The van der Waals surface area contributed by atoms with Crippen molar-refractivity contribution in [2.45, 2.75) is 24.3 Å². The Kier molecular flexibility index (Phi) is 4.23. The number of oxazole rings is 1. The Morgan fingerprint density at radius 1 is 1.30 bits per heavy atom. The standard InChI is InChI=1S/C17H18N4O5S/c1-11-18-7-5-16(19-11)25-12-6-8-21(10-12)27(23,24)13-3-4-15-14(9-13)20(2)17(22)26-15/h3-5,7,9,12H,6,8,10H2,1-2H3. The van der Waals surface area contributed by atoms with E-state index < -0.39 is 15.8 Å². The number of aromatic nitrogens is 3. The molecule has 1 aromatic carbocycles. The van der Waals surface area contributed by atoms with Crippen LogP contribution in [-0.4, -0.2) is 46.5 Å². The first-order chi connectivity index (χ1) is 12.8. The summed E-state index contributed by atoms with van der Waals surface area (Å²) in [5.74, 6) is 0.491. The lowest BCUT2D eigenvalue weighted by Crippen LogP contribution is -2.31. The first-order valence-corrected chi connectivity index (χ1v) is 9.84. The molecule has 1 aliphatic rings. The van der Waals surface area contributed by atoms with Crippen molar-refractivity contribution in [3.8, 4) is 5.88 Å². The van der Waals surface area contributed by atoms with Crippen LogP contribution in [0.4, 0.5) is 0 Å². The molecule has 1 saturated heterocycles. The van der Waals surface area contributed by atoms with Gasteiger partial charge in [-0.2, -0.15) is 9.29 Å². The van der Waals surface area contributed by atoms with Gasteiger partial charge in [0.05, 0.1) is 17.0 Å². The topological polar surface area (TPSA) is 108 Å². The number of hydrogen-bond acceptors (Lipinski definition) is 7. The maximum atomic E-state index is 13.0. The number of fused-ring (bicyclic) bond motifs is 1. The van der Waals surface area contributed by atoms with Crippen LogP contribution in [0.2, 0.25) is 0 Å². The quantitative estimate of drug-likeness (QED) is 0.656. The molecule has 0 saturated carbocycles. The van der Waals surface area contributed by atoms with Gasteiger partial charge in [0.15, 0.2) is 5.58 Å². The van der Waals surface area contributed by atoms with Gasteiger partial charge in [0.25, 0.3) is 0 Å². The second kappa shape index (κ2) is 6.46. The molecule has 9 nitrogen and oxygen atoms in total.